The van der Waals surface area contributed by atoms with Gasteiger partial charge in [-0.15, -0.1) is 0 Å². The van der Waals surface area contributed by atoms with Gasteiger partial charge in [-0.3, -0.25) is 0 Å². The monoisotopic (exact) mass is 318 g/mol. The van der Waals surface area contributed by atoms with Crippen LogP contribution in [0.1, 0.15) is 105 Å². The van der Waals surface area contributed by atoms with Crippen LogP contribution in [0.2, 0.25) is 0 Å². The molecule has 1 rings (SSSR count). The molecule has 0 atom stereocenters. The van der Waals surface area contributed by atoms with Gasteiger partial charge in [-0.05, 0) is 44.4 Å². The van der Waals surface area contributed by atoms with E-state index < -0.39 is 0 Å². The lowest BCUT2D eigenvalue weighted by Gasteiger charge is -2.40. The highest BCUT2D eigenvalue weighted by molar-refractivity contribution is 5.58. The fraction of sp³-hybridized carbons (Fsp3) is 0.727. The van der Waals surface area contributed by atoms with Crippen molar-refractivity contribution in [2.75, 3.05) is 0 Å². The van der Waals surface area contributed by atoms with Gasteiger partial charge in [0.25, 0.3) is 0 Å². The van der Waals surface area contributed by atoms with E-state index in [2.05, 4.69) is 83.1 Å². The van der Waals surface area contributed by atoms with Crippen molar-refractivity contribution in [3.63, 3.8) is 0 Å². The highest BCUT2D eigenvalue weighted by Crippen LogP contribution is 2.48. The van der Waals surface area contributed by atoms with Crippen molar-refractivity contribution in [3.8, 4) is 5.75 Å². The van der Waals surface area contributed by atoms with Gasteiger partial charge in [0.05, 0.1) is 0 Å². The summed E-state index contributed by atoms with van der Waals surface area (Å²) in [4.78, 5) is 0. The molecule has 0 radical (unpaired) electrons. The number of aromatic hydroxyl groups is 1. The van der Waals surface area contributed by atoms with E-state index in [1.54, 1.807) is 0 Å². The first kappa shape index (κ1) is 20.1. The highest BCUT2D eigenvalue weighted by atomic mass is 16.3. The molecular formula is C22H38O. The Hall–Kier alpha value is -0.980. The van der Waals surface area contributed by atoms with Crippen LogP contribution in [0, 0.1) is 0 Å². The molecule has 0 unspecified atom stereocenters. The first-order valence-corrected chi connectivity index (χ1v) is 8.80. The van der Waals surface area contributed by atoms with Gasteiger partial charge in [-0.25, -0.2) is 0 Å². The van der Waals surface area contributed by atoms with Crippen molar-refractivity contribution < 1.29 is 5.11 Å². The normalized spacial score (nSPS) is 14.3. The molecule has 0 spiro atoms. The van der Waals surface area contributed by atoms with Crippen LogP contribution < -0.4 is 0 Å². The summed E-state index contributed by atoms with van der Waals surface area (Å²) in [6.45, 7) is 26.9. The quantitative estimate of drug-likeness (QED) is 0.572. The number of benzene rings is 1. The second-order valence-corrected chi connectivity index (χ2v) is 11.1. The van der Waals surface area contributed by atoms with Gasteiger partial charge in [0.15, 0.2) is 0 Å². The van der Waals surface area contributed by atoms with Gasteiger partial charge < -0.3 is 5.11 Å². The maximum absolute atomic E-state index is 10.9. The summed E-state index contributed by atoms with van der Waals surface area (Å²) < 4.78 is 0. The second kappa shape index (κ2) is 5.53. The van der Waals surface area contributed by atoms with E-state index in [1.807, 2.05) is 6.07 Å². The Labute approximate surface area is 144 Å². The summed E-state index contributed by atoms with van der Waals surface area (Å²) in [6.07, 6.45) is 0. The number of phenolic OH excluding ortho intramolecular Hbond substituents is 1. The van der Waals surface area contributed by atoms with Gasteiger partial charge in [-0.1, -0.05) is 83.1 Å². The largest absolute Gasteiger partial charge is 0.508 e. The minimum atomic E-state index is -0.0941. The van der Waals surface area contributed by atoms with Gasteiger partial charge in [0.1, 0.15) is 5.75 Å². The van der Waals surface area contributed by atoms with Crippen LogP contribution in [0.5, 0.6) is 5.75 Å². The molecule has 0 aromatic heterocycles. The van der Waals surface area contributed by atoms with Crippen LogP contribution in [0.25, 0.3) is 0 Å². The number of hydrogen-bond acceptors (Lipinski definition) is 1. The molecule has 1 heteroatoms. The lowest BCUT2D eigenvalue weighted by molar-refractivity contribution is 0.420. The molecule has 0 saturated carbocycles. The van der Waals surface area contributed by atoms with Crippen molar-refractivity contribution in [2.24, 2.45) is 0 Å². The third-order valence-corrected chi connectivity index (χ3v) is 4.36. The molecule has 132 valence electrons. The minimum Gasteiger partial charge on any atom is -0.508 e. The average Bonchev–Trinajstić information content (AvgIpc) is 2.21. The molecule has 0 amide bonds. The summed E-state index contributed by atoms with van der Waals surface area (Å²) >= 11 is 0. The van der Waals surface area contributed by atoms with E-state index in [9.17, 15) is 5.11 Å². The lowest BCUT2D eigenvalue weighted by atomic mass is 9.64. The Morgan fingerprint density at radius 1 is 0.522 bits per heavy atom. The van der Waals surface area contributed by atoms with E-state index in [1.165, 1.54) is 16.7 Å². The Balaban J connectivity index is 4.18. The predicted molar refractivity (Wildman–Crippen MR) is 103 cm³/mol. The van der Waals surface area contributed by atoms with Crippen molar-refractivity contribution in [3.05, 3.63) is 28.3 Å². The third kappa shape index (κ3) is 4.11. The Morgan fingerprint density at radius 3 is 1.13 bits per heavy atom. The SMILES string of the molecule is CC(C)(C)c1cc(O)c(C(C)(C)C)c(C(C)(C)C)c1C(C)(C)C. The van der Waals surface area contributed by atoms with Crippen LogP contribution >= 0.6 is 0 Å². The zero-order valence-corrected chi connectivity index (χ0v) is 17.5. The van der Waals surface area contributed by atoms with E-state index in [0.717, 1.165) is 5.56 Å². The summed E-state index contributed by atoms with van der Waals surface area (Å²) in [5.74, 6) is 0.445. The molecular weight excluding hydrogens is 280 g/mol. The zero-order valence-electron chi connectivity index (χ0n) is 17.5. The molecule has 0 aliphatic heterocycles. The molecule has 0 aliphatic rings. The first-order valence-electron chi connectivity index (χ1n) is 8.80. The number of rotatable bonds is 0. The van der Waals surface area contributed by atoms with Crippen molar-refractivity contribution >= 4 is 0 Å². The van der Waals surface area contributed by atoms with E-state index in [4.69, 9.17) is 0 Å². The molecule has 0 saturated heterocycles. The Bertz CT molecular complexity index is 579. The fourth-order valence-electron chi connectivity index (χ4n) is 3.55. The average molecular weight is 319 g/mol. The fourth-order valence-corrected chi connectivity index (χ4v) is 3.55. The van der Waals surface area contributed by atoms with Gasteiger partial charge in [0.2, 0.25) is 0 Å². The second-order valence-electron chi connectivity index (χ2n) is 11.1. The summed E-state index contributed by atoms with van der Waals surface area (Å²) in [5, 5.41) is 10.9. The predicted octanol–water partition coefficient (Wildman–Crippen LogP) is 6.58. The van der Waals surface area contributed by atoms with Crippen LogP contribution in [0.15, 0.2) is 6.07 Å². The van der Waals surface area contributed by atoms with Crippen molar-refractivity contribution in [1.82, 2.24) is 0 Å². The summed E-state index contributed by atoms with van der Waals surface area (Å²) in [7, 11) is 0. The topological polar surface area (TPSA) is 20.2 Å². The van der Waals surface area contributed by atoms with Crippen molar-refractivity contribution in [2.45, 2.75) is 105 Å². The smallest absolute Gasteiger partial charge is 0.119 e. The number of hydrogen-bond donors (Lipinski definition) is 1. The van der Waals surface area contributed by atoms with Gasteiger partial charge in [0, 0.05) is 5.56 Å². The van der Waals surface area contributed by atoms with Crippen molar-refractivity contribution in [1.29, 1.82) is 0 Å². The molecule has 1 aromatic carbocycles. The van der Waals surface area contributed by atoms with Gasteiger partial charge in [-0.2, -0.15) is 0 Å². The van der Waals surface area contributed by atoms with Crippen LogP contribution in [-0.2, 0) is 21.7 Å². The molecule has 1 aromatic rings. The van der Waals surface area contributed by atoms with Crippen LogP contribution in [-0.4, -0.2) is 5.11 Å². The Morgan fingerprint density at radius 2 is 0.870 bits per heavy atom. The first-order chi connectivity index (χ1) is 9.88. The lowest BCUT2D eigenvalue weighted by Crippen LogP contribution is -2.32. The maximum atomic E-state index is 10.9. The molecule has 23 heavy (non-hydrogen) atoms. The molecule has 0 bridgehead atoms. The van der Waals surface area contributed by atoms with Crippen LogP contribution in [0.4, 0.5) is 0 Å². The maximum Gasteiger partial charge on any atom is 0.119 e. The van der Waals surface area contributed by atoms with Crippen LogP contribution in [0.3, 0.4) is 0 Å². The van der Waals surface area contributed by atoms with Gasteiger partial charge >= 0.3 is 0 Å². The zero-order chi connectivity index (χ0) is 18.6. The molecule has 1 N–H and O–H groups in total. The summed E-state index contributed by atoms with van der Waals surface area (Å²) in [5.41, 5.74) is 4.99. The van der Waals surface area contributed by atoms with E-state index in [0.29, 0.717) is 5.75 Å². The highest BCUT2D eigenvalue weighted by Gasteiger charge is 2.37. The third-order valence-electron chi connectivity index (χ3n) is 4.36. The molecule has 0 fully saturated rings. The van der Waals surface area contributed by atoms with E-state index >= 15 is 0 Å². The molecule has 1 nitrogen and oxygen atoms in total. The molecule has 0 aliphatic carbocycles. The summed E-state index contributed by atoms with van der Waals surface area (Å²) in [6, 6.07) is 2.02. The van der Waals surface area contributed by atoms with E-state index in [-0.39, 0.29) is 21.7 Å². The number of phenols is 1. The minimum absolute atomic E-state index is 0.00346. The Kier molecular flexibility index (Phi) is 4.83. The standard InChI is InChI=1S/C22H38O/c1-19(2,3)14-13-15(23)17(21(7,8)9)18(22(10,11)12)16(14)20(4,5)6/h13,23H,1-12H3. The molecule has 0 heterocycles.